The lowest BCUT2D eigenvalue weighted by Gasteiger charge is -2.14. The average molecular weight is 365 g/mol. The molecule has 3 heterocycles. The molecular formula is C20H17ClN4O. The van der Waals surface area contributed by atoms with Crippen molar-refractivity contribution in [3.63, 3.8) is 0 Å². The maximum atomic E-state index is 12.0. The number of amides is 1. The first kappa shape index (κ1) is 16.7. The molecule has 6 heteroatoms. The predicted molar refractivity (Wildman–Crippen MR) is 102 cm³/mol. The molecule has 1 amide bonds. The summed E-state index contributed by atoms with van der Waals surface area (Å²) in [4.78, 5) is 20.8. The Balaban J connectivity index is 1.77. The van der Waals surface area contributed by atoms with Gasteiger partial charge in [-0.1, -0.05) is 35.9 Å². The first-order chi connectivity index (χ1) is 12.7. The molecule has 130 valence electrons. The van der Waals surface area contributed by atoms with E-state index in [2.05, 4.69) is 15.1 Å². The summed E-state index contributed by atoms with van der Waals surface area (Å²) >= 11 is 6.08. The Morgan fingerprint density at radius 2 is 2.04 bits per heavy atom. The second kappa shape index (κ2) is 7.22. The summed E-state index contributed by atoms with van der Waals surface area (Å²) in [6, 6.07) is 15.4. The molecule has 0 bridgehead atoms. The van der Waals surface area contributed by atoms with Crippen LogP contribution in [0.15, 0.2) is 59.8 Å². The highest BCUT2D eigenvalue weighted by molar-refractivity contribution is 6.29. The van der Waals surface area contributed by atoms with E-state index in [0.717, 1.165) is 28.6 Å². The van der Waals surface area contributed by atoms with Gasteiger partial charge in [-0.25, -0.2) is 9.99 Å². The molecule has 1 aliphatic rings. The van der Waals surface area contributed by atoms with Crippen LogP contribution >= 0.6 is 11.6 Å². The highest BCUT2D eigenvalue weighted by Gasteiger charge is 2.21. The van der Waals surface area contributed by atoms with Crippen molar-refractivity contribution in [1.82, 2.24) is 15.0 Å². The zero-order valence-corrected chi connectivity index (χ0v) is 14.9. The zero-order valence-electron chi connectivity index (χ0n) is 14.1. The van der Waals surface area contributed by atoms with Crippen molar-refractivity contribution in [2.24, 2.45) is 5.10 Å². The lowest BCUT2D eigenvalue weighted by molar-refractivity contribution is -0.127. The van der Waals surface area contributed by atoms with Gasteiger partial charge >= 0.3 is 0 Å². The second-order valence-corrected chi connectivity index (χ2v) is 6.56. The highest BCUT2D eigenvalue weighted by atomic mass is 35.5. The van der Waals surface area contributed by atoms with Gasteiger partial charge in [0, 0.05) is 31.0 Å². The van der Waals surface area contributed by atoms with Gasteiger partial charge in [0.2, 0.25) is 5.91 Å². The molecule has 0 saturated carbocycles. The summed E-state index contributed by atoms with van der Waals surface area (Å²) in [5.74, 6) is 0.0455. The highest BCUT2D eigenvalue weighted by Crippen LogP contribution is 2.20. The van der Waals surface area contributed by atoms with E-state index in [1.807, 2.05) is 42.5 Å². The van der Waals surface area contributed by atoms with E-state index in [9.17, 15) is 4.79 Å². The molecule has 0 N–H and O–H groups in total. The first-order valence-corrected chi connectivity index (χ1v) is 8.92. The molecular weight excluding hydrogens is 348 g/mol. The van der Waals surface area contributed by atoms with Gasteiger partial charge in [0.1, 0.15) is 5.15 Å². The summed E-state index contributed by atoms with van der Waals surface area (Å²) in [5.41, 5.74) is 3.42. The predicted octanol–water partition coefficient (Wildman–Crippen LogP) is 3.85. The summed E-state index contributed by atoms with van der Waals surface area (Å²) in [7, 11) is 0. The van der Waals surface area contributed by atoms with Gasteiger partial charge in [0.25, 0.3) is 0 Å². The van der Waals surface area contributed by atoms with E-state index in [1.54, 1.807) is 17.3 Å². The SMILES string of the molecule is O=C1CCCN1N=C(Cc1ccnc2ccccc12)c1cccc(Cl)n1. The number of hydrazone groups is 1. The number of hydrogen-bond acceptors (Lipinski definition) is 4. The van der Waals surface area contributed by atoms with Crippen LogP contribution < -0.4 is 0 Å². The number of nitrogens with zero attached hydrogens (tertiary/aromatic N) is 4. The summed E-state index contributed by atoms with van der Waals surface area (Å²) in [5, 5.41) is 7.64. The van der Waals surface area contributed by atoms with Gasteiger partial charge in [0.15, 0.2) is 0 Å². The first-order valence-electron chi connectivity index (χ1n) is 8.54. The molecule has 0 atom stereocenters. The molecule has 2 aromatic heterocycles. The third-order valence-electron chi connectivity index (χ3n) is 4.40. The van der Waals surface area contributed by atoms with E-state index in [1.165, 1.54) is 0 Å². The van der Waals surface area contributed by atoms with Crippen molar-refractivity contribution >= 4 is 34.1 Å². The Kier molecular flexibility index (Phi) is 4.63. The van der Waals surface area contributed by atoms with Crippen LogP contribution in [-0.2, 0) is 11.2 Å². The molecule has 4 rings (SSSR count). The zero-order chi connectivity index (χ0) is 17.9. The van der Waals surface area contributed by atoms with Crippen LogP contribution in [0.4, 0.5) is 0 Å². The summed E-state index contributed by atoms with van der Waals surface area (Å²) < 4.78 is 0. The van der Waals surface area contributed by atoms with Crippen LogP contribution in [-0.4, -0.2) is 33.1 Å². The number of rotatable bonds is 4. The van der Waals surface area contributed by atoms with Crippen LogP contribution in [0.2, 0.25) is 5.15 Å². The fourth-order valence-corrected chi connectivity index (χ4v) is 3.28. The standard InChI is InChI=1S/C20H17ClN4O/c21-19-8-3-7-17(23-19)18(24-25-12-4-9-20(25)26)13-14-10-11-22-16-6-2-1-5-15(14)16/h1-3,5-8,10-11H,4,9,12-13H2. The molecule has 26 heavy (non-hydrogen) atoms. The number of carbonyl (C=O) groups is 1. The van der Waals surface area contributed by atoms with E-state index < -0.39 is 0 Å². The number of hydrogen-bond donors (Lipinski definition) is 0. The van der Waals surface area contributed by atoms with E-state index in [4.69, 9.17) is 11.6 Å². The Hall–Kier alpha value is -2.79. The normalized spacial score (nSPS) is 15.0. The smallest absolute Gasteiger partial charge is 0.242 e. The number of pyridine rings is 2. The van der Waals surface area contributed by atoms with Crippen LogP contribution in [0.5, 0.6) is 0 Å². The Labute approximate surface area is 156 Å². The van der Waals surface area contributed by atoms with Crippen LogP contribution in [0.3, 0.4) is 0 Å². The van der Waals surface area contributed by atoms with Gasteiger partial charge < -0.3 is 0 Å². The lowest BCUT2D eigenvalue weighted by Crippen LogP contribution is -2.22. The third kappa shape index (κ3) is 3.44. The number of aromatic nitrogens is 2. The summed E-state index contributed by atoms with van der Waals surface area (Å²) in [6.07, 6.45) is 3.70. The summed E-state index contributed by atoms with van der Waals surface area (Å²) in [6.45, 7) is 0.639. The van der Waals surface area contributed by atoms with Gasteiger partial charge in [-0.3, -0.25) is 9.78 Å². The molecule has 1 fully saturated rings. The minimum absolute atomic E-state index is 0.0455. The molecule has 1 aliphatic heterocycles. The van der Waals surface area contributed by atoms with Crippen molar-refractivity contribution in [3.8, 4) is 0 Å². The van der Waals surface area contributed by atoms with Crippen LogP contribution in [0, 0.1) is 0 Å². The second-order valence-electron chi connectivity index (χ2n) is 6.18. The van der Waals surface area contributed by atoms with Crippen molar-refractivity contribution in [2.75, 3.05) is 6.54 Å². The monoisotopic (exact) mass is 364 g/mol. The van der Waals surface area contributed by atoms with Crippen LogP contribution in [0.25, 0.3) is 10.9 Å². The minimum atomic E-state index is 0.0455. The quantitative estimate of drug-likeness (QED) is 0.522. The van der Waals surface area contributed by atoms with Crippen molar-refractivity contribution in [1.29, 1.82) is 0 Å². The average Bonchev–Trinajstić information content (AvgIpc) is 3.06. The van der Waals surface area contributed by atoms with Gasteiger partial charge in [-0.2, -0.15) is 5.10 Å². The number of fused-ring (bicyclic) bond motifs is 1. The largest absolute Gasteiger partial charge is 0.273 e. The number of para-hydroxylation sites is 1. The minimum Gasteiger partial charge on any atom is -0.273 e. The molecule has 1 aromatic carbocycles. The van der Waals surface area contributed by atoms with E-state index in [-0.39, 0.29) is 5.91 Å². The van der Waals surface area contributed by atoms with E-state index in [0.29, 0.717) is 30.2 Å². The Morgan fingerprint density at radius 1 is 1.15 bits per heavy atom. The molecule has 5 nitrogen and oxygen atoms in total. The third-order valence-corrected chi connectivity index (χ3v) is 4.61. The molecule has 3 aromatic rings. The molecule has 0 unspecified atom stereocenters. The number of benzene rings is 1. The van der Waals surface area contributed by atoms with Crippen molar-refractivity contribution < 1.29 is 4.79 Å². The van der Waals surface area contributed by atoms with E-state index >= 15 is 0 Å². The van der Waals surface area contributed by atoms with Crippen molar-refractivity contribution in [2.45, 2.75) is 19.3 Å². The molecule has 0 aliphatic carbocycles. The number of halogens is 1. The Morgan fingerprint density at radius 3 is 2.85 bits per heavy atom. The molecule has 1 saturated heterocycles. The fraction of sp³-hybridized carbons (Fsp3) is 0.200. The van der Waals surface area contributed by atoms with Gasteiger partial charge in [0.05, 0.1) is 16.9 Å². The van der Waals surface area contributed by atoms with Crippen molar-refractivity contribution in [3.05, 3.63) is 71.1 Å². The number of carbonyl (C=O) groups excluding carboxylic acids is 1. The maximum absolute atomic E-state index is 12.0. The van der Waals surface area contributed by atoms with Gasteiger partial charge in [-0.15, -0.1) is 0 Å². The maximum Gasteiger partial charge on any atom is 0.242 e. The van der Waals surface area contributed by atoms with Crippen LogP contribution in [0.1, 0.15) is 24.1 Å². The lowest BCUT2D eigenvalue weighted by atomic mass is 10.0. The fourth-order valence-electron chi connectivity index (χ4n) is 3.12. The van der Waals surface area contributed by atoms with Gasteiger partial charge in [-0.05, 0) is 36.2 Å². The Bertz CT molecular complexity index is 997. The molecule has 0 radical (unpaired) electrons. The topological polar surface area (TPSA) is 58.5 Å². The molecule has 0 spiro atoms.